The van der Waals surface area contributed by atoms with Gasteiger partial charge in [-0.3, -0.25) is 4.68 Å². The van der Waals surface area contributed by atoms with Crippen LogP contribution in [-0.4, -0.2) is 9.78 Å². The van der Waals surface area contributed by atoms with Crippen LogP contribution in [0.15, 0.2) is 0 Å². The zero-order chi connectivity index (χ0) is 9.42. The van der Waals surface area contributed by atoms with Crippen molar-refractivity contribution in [3.8, 4) is 0 Å². The van der Waals surface area contributed by atoms with Gasteiger partial charge in [-0.1, -0.05) is 0 Å². The molecule has 1 aromatic heterocycles. The lowest BCUT2D eigenvalue weighted by Gasteiger charge is -2.20. The molecular formula is C10H17N3. The van der Waals surface area contributed by atoms with Gasteiger partial charge >= 0.3 is 0 Å². The molecule has 1 aliphatic carbocycles. The van der Waals surface area contributed by atoms with E-state index in [1.807, 2.05) is 0 Å². The first kappa shape index (κ1) is 8.75. The first-order chi connectivity index (χ1) is 6.24. The van der Waals surface area contributed by atoms with Gasteiger partial charge in [-0.2, -0.15) is 5.10 Å². The Morgan fingerprint density at radius 1 is 1.62 bits per heavy atom. The van der Waals surface area contributed by atoms with E-state index >= 15 is 0 Å². The van der Waals surface area contributed by atoms with Crippen molar-refractivity contribution in [3.05, 3.63) is 17.0 Å². The molecule has 0 amide bonds. The molecule has 0 bridgehead atoms. The summed E-state index contributed by atoms with van der Waals surface area (Å²) >= 11 is 0. The lowest BCUT2D eigenvalue weighted by Crippen LogP contribution is -2.20. The van der Waals surface area contributed by atoms with E-state index < -0.39 is 0 Å². The topological polar surface area (TPSA) is 43.8 Å². The normalized spacial score (nSPS) is 21.6. The lowest BCUT2D eigenvalue weighted by atomic mass is 9.92. The minimum absolute atomic E-state index is 0.213. The molecule has 0 saturated heterocycles. The van der Waals surface area contributed by atoms with Gasteiger partial charge in [0.1, 0.15) is 0 Å². The first-order valence-corrected chi connectivity index (χ1v) is 5.05. The van der Waals surface area contributed by atoms with Crippen molar-refractivity contribution in [1.29, 1.82) is 0 Å². The summed E-state index contributed by atoms with van der Waals surface area (Å²) in [7, 11) is 0. The molecule has 13 heavy (non-hydrogen) atoms. The van der Waals surface area contributed by atoms with E-state index in [2.05, 4.69) is 23.6 Å². The van der Waals surface area contributed by atoms with Crippen LogP contribution in [0.1, 0.15) is 42.8 Å². The van der Waals surface area contributed by atoms with Crippen molar-refractivity contribution in [1.82, 2.24) is 9.78 Å². The van der Waals surface area contributed by atoms with Crippen LogP contribution in [0.2, 0.25) is 0 Å². The first-order valence-electron chi connectivity index (χ1n) is 5.05. The molecule has 1 heterocycles. The van der Waals surface area contributed by atoms with Crippen LogP contribution in [0.3, 0.4) is 0 Å². The van der Waals surface area contributed by atoms with Crippen molar-refractivity contribution in [3.63, 3.8) is 0 Å². The zero-order valence-electron chi connectivity index (χ0n) is 8.38. The summed E-state index contributed by atoms with van der Waals surface area (Å²) in [6, 6.07) is 0.213. The molecule has 0 saturated carbocycles. The molecule has 3 nitrogen and oxygen atoms in total. The van der Waals surface area contributed by atoms with Gasteiger partial charge in [-0.15, -0.1) is 0 Å². The molecule has 0 aromatic carbocycles. The average Bonchev–Trinajstić information content (AvgIpc) is 2.45. The highest BCUT2D eigenvalue weighted by Gasteiger charge is 2.23. The van der Waals surface area contributed by atoms with Crippen LogP contribution >= 0.6 is 0 Å². The van der Waals surface area contributed by atoms with Crippen molar-refractivity contribution < 1.29 is 0 Å². The molecule has 2 rings (SSSR count). The maximum Gasteiger partial charge on any atom is 0.0629 e. The quantitative estimate of drug-likeness (QED) is 0.710. The lowest BCUT2D eigenvalue weighted by molar-refractivity contribution is 0.506. The summed E-state index contributed by atoms with van der Waals surface area (Å²) in [5.41, 5.74) is 9.94. The van der Waals surface area contributed by atoms with Crippen molar-refractivity contribution in [2.75, 3.05) is 0 Å². The van der Waals surface area contributed by atoms with Crippen molar-refractivity contribution in [2.45, 2.75) is 45.7 Å². The van der Waals surface area contributed by atoms with Gasteiger partial charge < -0.3 is 5.73 Å². The summed E-state index contributed by atoms with van der Waals surface area (Å²) < 4.78 is 2.06. The van der Waals surface area contributed by atoms with Gasteiger partial charge in [-0.05, 0) is 38.7 Å². The van der Waals surface area contributed by atoms with E-state index in [0.29, 0.717) is 0 Å². The Balaban J connectivity index is 2.52. The fourth-order valence-corrected chi connectivity index (χ4v) is 2.24. The van der Waals surface area contributed by atoms with Crippen LogP contribution in [0.25, 0.3) is 0 Å². The number of rotatable bonds is 1. The Hall–Kier alpha value is -0.830. The molecule has 1 atom stereocenters. The number of hydrogen-bond acceptors (Lipinski definition) is 2. The van der Waals surface area contributed by atoms with Crippen LogP contribution in [-0.2, 0) is 13.0 Å². The number of fused-ring (bicyclic) bond motifs is 1. The fraction of sp³-hybridized carbons (Fsp3) is 0.700. The summed E-state index contributed by atoms with van der Waals surface area (Å²) in [5.74, 6) is 0. The maximum atomic E-state index is 6.08. The highest BCUT2D eigenvalue weighted by Crippen LogP contribution is 2.29. The van der Waals surface area contributed by atoms with E-state index in [1.54, 1.807) is 0 Å². The Kier molecular flexibility index (Phi) is 2.12. The minimum Gasteiger partial charge on any atom is -0.323 e. The molecule has 0 radical (unpaired) electrons. The second-order valence-corrected chi connectivity index (χ2v) is 3.76. The maximum absolute atomic E-state index is 6.08. The van der Waals surface area contributed by atoms with Crippen molar-refractivity contribution >= 4 is 0 Å². The monoisotopic (exact) mass is 179 g/mol. The Labute approximate surface area is 78.9 Å². The summed E-state index contributed by atoms with van der Waals surface area (Å²) in [4.78, 5) is 0. The molecule has 0 spiro atoms. The van der Waals surface area contributed by atoms with E-state index in [9.17, 15) is 0 Å². The highest BCUT2D eigenvalue weighted by atomic mass is 15.3. The van der Waals surface area contributed by atoms with Crippen molar-refractivity contribution in [2.24, 2.45) is 5.73 Å². The second kappa shape index (κ2) is 3.14. The average molecular weight is 179 g/mol. The highest BCUT2D eigenvalue weighted by molar-refractivity contribution is 5.30. The number of aryl methyl sites for hydroxylation is 2. The summed E-state index contributed by atoms with van der Waals surface area (Å²) in [6.45, 7) is 5.14. The molecular weight excluding hydrogens is 162 g/mol. The Bertz CT molecular complexity index is 314. The van der Waals surface area contributed by atoms with Crippen LogP contribution in [0, 0.1) is 6.92 Å². The van der Waals surface area contributed by atoms with Gasteiger partial charge in [-0.25, -0.2) is 0 Å². The number of nitrogens with two attached hydrogens (primary N) is 1. The van der Waals surface area contributed by atoms with Gasteiger partial charge in [0.25, 0.3) is 0 Å². The van der Waals surface area contributed by atoms with E-state index in [0.717, 1.165) is 19.4 Å². The third kappa shape index (κ3) is 1.27. The van der Waals surface area contributed by atoms with E-state index in [-0.39, 0.29) is 6.04 Å². The predicted molar refractivity (Wildman–Crippen MR) is 52.5 cm³/mol. The second-order valence-electron chi connectivity index (χ2n) is 3.76. The molecule has 2 N–H and O–H groups in total. The fourth-order valence-electron chi connectivity index (χ4n) is 2.24. The van der Waals surface area contributed by atoms with Gasteiger partial charge in [0.15, 0.2) is 0 Å². The van der Waals surface area contributed by atoms with Gasteiger partial charge in [0.05, 0.1) is 11.4 Å². The molecule has 1 unspecified atom stereocenters. The SMILES string of the molecule is CCn1nc(C)c2c1C(N)CCC2. The minimum atomic E-state index is 0.213. The largest absolute Gasteiger partial charge is 0.323 e. The molecule has 1 aromatic rings. The Morgan fingerprint density at radius 2 is 2.38 bits per heavy atom. The standard InChI is InChI=1S/C10H17N3/c1-3-13-10-8(7(2)12-13)5-4-6-9(10)11/h9H,3-6,11H2,1-2H3. The van der Waals surface area contributed by atoms with Crippen LogP contribution < -0.4 is 5.73 Å². The van der Waals surface area contributed by atoms with E-state index in [1.165, 1.54) is 23.4 Å². The van der Waals surface area contributed by atoms with Crippen LogP contribution in [0.4, 0.5) is 0 Å². The predicted octanol–water partition coefficient (Wildman–Crippen LogP) is 1.55. The molecule has 0 fully saturated rings. The Morgan fingerprint density at radius 3 is 3.08 bits per heavy atom. The van der Waals surface area contributed by atoms with Gasteiger partial charge in [0, 0.05) is 12.6 Å². The zero-order valence-corrected chi connectivity index (χ0v) is 8.38. The van der Waals surface area contributed by atoms with Crippen LogP contribution in [0.5, 0.6) is 0 Å². The summed E-state index contributed by atoms with van der Waals surface area (Å²) in [6.07, 6.45) is 3.48. The smallest absolute Gasteiger partial charge is 0.0629 e. The number of aromatic nitrogens is 2. The molecule has 1 aliphatic rings. The summed E-state index contributed by atoms with van der Waals surface area (Å²) in [5, 5.41) is 4.50. The van der Waals surface area contributed by atoms with Gasteiger partial charge in [0.2, 0.25) is 0 Å². The number of hydrogen-bond donors (Lipinski definition) is 1. The molecule has 72 valence electrons. The number of nitrogens with zero attached hydrogens (tertiary/aromatic N) is 2. The molecule has 3 heteroatoms. The molecule has 0 aliphatic heterocycles. The third-order valence-electron chi connectivity index (χ3n) is 2.89. The van der Waals surface area contributed by atoms with E-state index in [4.69, 9.17) is 5.73 Å². The third-order valence-corrected chi connectivity index (χ3v) is 2.89.